The van der Waals surface area contributed by atoms with E-state index in [1.54, 1.807) is 24.8 Å². The lowest BCUT2D eigenvalue weighted by atomic mass is 10.3. The van der Waals surface area contributed by atoms with Gasteiger partial charge in [-0.05, 0) is 30.5 Å². The molecule has 126 valence electrons. The average molecular weight is 363 g/mol. The van der Waals surface area contributed by atoms with Gasteiger partial charge in [-0.2, -0.15) is 0 Å². The van der Waals surface area contributed by atoms with Crippen molar-refractivity contribution in [2.24, 2.45) is 0 Å². The minimum atomic E-state index is -0.733. The van der Waals surface area contributed by atoms with Crippen LogP contribution in [0.25, 0.3) is 0 Å². The molecule has 24 heavy (non-hydrogen) atoms. The lowest BCUT2D eigenvalue weighted by molar-refractivity contribution is 0.0926. The normalized spacial score (nSPS) is 15.3. The molecule has 1 aliphatic heterocycles. The summed E-state index contributed by atoms with van der Waals surface area (Å²) in [5.74, 6) is -0.465. The Balaban J connectivity index is 1.57. The van der Waals surface area contributed by atoms with Crippen LogP contribution in [0.1, 0.15) is 17.3 Å². The van der Waals surface area contributed by atoms with E-state index >= 15 is 0 Å². The number of benzene rings is 1. The number of hydrogen-bond acceptors (Lipinski definition) is 7. The van der Waals surface area contributed by atoms with Gasteiger partial charge in [0.15, 0.2) is 0 Å². The number of nitrogens with one attached hydrogen (secondary N) is 3. The fourth-order valence-corrected chi connectivity index (χ4v) is 4.14. The number of thiophene rings is 1. The van der Waals surface area contributed by atoms with Gasteiger partial charge in [-0.3, -0.25) is 10.1 Å². The van der Waals surface area contributed by atoms with Crippen molar-refractivity contribution in [2.75, 3.05) is 23.8 Å². The molecule has 0 radical (unpaired) electrons. The molecule has 6 nitrogen and oxygen atoms in total. The number of hydrogen-bond donors (Lipinski definition) is 3. The number of carbonyl (C=O) groups excluding carboxylic acids is 2. The van der Waals surface area contributed by atoms with Crippen LogP contribution >= 0.6 is 23.1 Å². The lowest BCUT2D eigenvalue weighted by Crippen LogP contribution is -2.31. The molecule has 0 fully saturated rings. The van der Waals surface area contributed by atoms with Crippen LogP contribution in [-0.2, 0) is 4.74 Å². The number of amides is 2. The van der Waals surface area contributed by atoms with Gasteiger partial charge in [0.2, 0.25) is 0 Å². The maximum atomic E-state index is 12.1. The number of thioether (sulfide) groups is 1. The van der Waals surface area contributed by atoms with E-state index in [9.17, 15) is 9.59 Å². The molecule has 1 aromatic heterocycles. The van der Waals surface area contributed by atoms with E-state index in [0.29, 0.717) is 12.1 Å². The van der Waals surface area contributed by atoms with Crippen LogP contribution < -0.4 is 16.0 Å². The van der Waals surface area contributed by atoms with Crippen molar-refractivity contribution >= 4 is 45.8 Å². The third-order valence-electron chi connectivity index (χ3n) is 3.32. The quantitative estimate of drug-likeness (QED) is 0.753. The number of carbonyl (C=O) groups is 2. The maximum absolute atomic E-state index is 12.1. The Morgan fingerprint density at radius 1 is 1.29 bits per heavy atom. The molecule has 1 unspecified atom stereocenters. The summed E-state index contributed by atoms with van der Waals surface area (Å²) in [6.45, 7) is 2.56. The molecule has 1 atom stereocenters. The first-order valence-electron chi connectivity index (χ1n) is 7.49. The van der Waals surface area contributed by atoms with Crippen LogP contribution in [0.4, 0.5) is 15.5 Å². The highest BCUT2D eigenvalue weighted by Crippen LogP contribution is 2.38. The highest BCUT2D eigenvalue weighted by molar-refractivity contribution is 8.00. The van der Waals surface area contributed by atoms with E-state index in [1.165, 1.54) is 16.2 Å². The molecule has 0 aliphatic carbocycles. The molecule has 2 aromatic rings. The number of para-hydroxylation sites is 1. The average Bonchev–Trinajstić information content (AvgIpc) is 3.19. The van der Waals surface area contributed by atoms with Crippen molar-refractivity contribution in [3.05, 3.63) is 41.3 Å². The Hall–Kier alpha value is -2.19. The van der Waals surface area contributed by atoms with Crippen molar-refractivity contribution < 1.29 is 14.3 Å². The fourth-order valence-electron chi connectivity index (χ4n) is 2.28. The summed E-state index contributed by atoms with van der Waals surface area (Å²) in [5, 5.41) is 11.6. The van der Waals surface area contributed by atoms with E-state index in [1.807, 2.05) is 23.6 Å². The molecule has 3 N–H and O–H groups in total. The maximum Gasteiger partial charge on any atom is 0.414 e. The van der Waals surface area contributed by atoms with Gasteiger partial charge in [-0.25, -0.2) is 4.79 Å². The first-order valence-corrected chi connectivity index (χ1v) is 9.25. The molecular weight excluding hydrogens is 346 g/mol. The molecule has 1 aromatic carbocycles. The van der Waals surface area contributed by atoms with Crippen molar-refractivity contribution in [1.82, 2.24) is 5.32 Å². The Morgan fingerprint density at radius 2 is 2.12 bits per heavy atom. The molecule has 0 saturated carbocycles. The van der Waals surface area contributed by atoms with Crippen molar-refractivity contribution in [1.29, 1.82) is 0 Å². The standard InChI is InChI=1S/C16H17N3O3S2/c1-2-22-16(21)19-14(20)10-7-8-23-15(10)17-9-13-18-11-5-3-4-6-12(11)24-13/h3-8,13,17-18H,2,9H2,1H3,(H,19,20,21). The number of alkyl carbamates (subject to hydrolysis) is 1. The topological polar surface area (TPSA) is 79.5 Å². The Labute approximate surface area is 148 Å². The Kier molecular flexibility index (Phi) is 5.27. The first kappa shape index (κ1) is 16.7. The Bertz CT molecular complexity index is 723. The largest absolute Gasteiger partial charge is 0.450 e. The molecule has 0 spiro atoms. The minimum absolute atomic E-state index is 0.186. The van der Waals surface area contributed by atoms with E-state index < -0.39 is 12.0 Å². The van der Waals surface area contributed by atoms with E-state index in [2.05, 4.69) is 22.0 Å². The van der Waals surface area contributed by atoms with Gasteiger partial charge in [-0.15, -0.1) is 11.3 Å². The highest BCUT2D eigenvalue weighted by atomic mass is 32.2. The number of rotatable bonds is 5. The van der Waals surface area contributed by atoms with Crippen LogP contribution in [-0.4, -0.2) is 30.5 Å². The third kappa shape index (κ3) is 3.82. The molecule has 0 saturated heterocycles. The smallest absolute Gasteiger partial charge is 0.414 e. The molecule has 8 heteroatoms. The van der Waals surface area contributed by atoms with Crippen LogP contribution in [0, 0.1) is 0 Å². The Morgan fingerprint density at radius 3 is 2.92 bits per heavy atom. The predicted molar refractivity (Wildman–Crippen MR) is 97.0 cm³/mol. The van der Waals surface area contributed by atoms with Gasteiger partial charge in [0.05, 0.1) is 17.5 Å². The molecular formula is C16H17N3O3S2. The molecule has 2 heterocycles. The summed E-state index contributed by atoms with van der Waals surface area (Å²) >= 11 is 3.17. The van der Waals surface area contributed by atoms with Gasteiger partial charge < -0.3 is 15.4 Å². The molecule has 1 aliphatic rings. The molecule has 3 rings (SSSR count). The van der Waals surface area contributed by atoms with Crippen LogP contribution in [0.2, 0.25) is 0 Å². The summed E-state index contributed by atoms with van der Waals surface area (Å²) < 4.78 is 4.73. The highest BCUT2D eigenvalue weighted by Gasteiger charge is 2.22. The monoisotopic (exact) mass is 363 g/mol. The zero-order valence-corrected chi connectivity index (χ0v) is 14.6. The van der Waals surface area contributed by atoms with Crippen LogP contribution in [0.3, 0.4) is 0 Å². The minimum Gasteiger partial charge on any atom is -0.450 e. The predicted octanol–water partition coefficient (Wildman–Crippen LogP) is 3.59. The summed E-state index contributed by atoms with van der Waals surface area (Å²) in [4.78, 5) is 24.7. The molecule has 0 bridgehead atoms. The summed E-state index contributed by atoms with van der Waals surface area (Å²) in [5.41, 5.74) is 1.56. The fraction of sp³-hybridized carbons (Fsp3) is 0.250. The zero-order valence-electron chi connectivity index (χ0n) is 13.0. The summed E-state index contributed by atoms with van der Waals surface area (Å²) in [6, 6.07) is 9.83. The van der Waals surface area contributed by atoms with E-state index in [4.69, 9.17) is 4.74 Å². The lowest BCUT2D eigenvalue weighted by Gasteiger charge is -2.13. The second-order valence-electron chi connectivity index (χ2n) is 4.97. The van der Waals surface area contributed by atoms with Gasteiger partial charge in [0.1, 0.15) is 5.00 Å². The van der Waals surface area contributed by atoms with Gasteiger partial charge in [0.25, 0.3) is 5.91 Å². The summed E-state index contributed by atoms with van der Waals surface area (Å²) in [7, 11) is 0. The number of ether oxygens (including phenoxy) is 1. The molecule has 2 amide bonds. The van der Waals surface area contributed by atoms with Crippen molar-refractivity contribution in [2.45, 2.75) is 17.2 Å². The first-order chi connectivity index (χ1) is 11.7. The second-order valence-corrected chi connectivity index (χ2v) is 7.13. The van der Waals surface area contributed by atoms with Crippen LogP contribution in [0.15, 0.2) is 40.6 Å². The zero-order chi connectivity index (χ0) is 16.9. The van der Waals surface area contributed by atoms with Gasteiger partial charge >= 0.3 is 6.09 Å². The van der Waals surface area contributed by atoms with Crippen molar-refractivity contribution in [3.8, 4) is 0 Å². The van der Waals surface area contributed by atoms with Crippen molar-refractivity contribution in [3.63, 3.8) is 0 Å². The van der Waals surface area contributed by atoms with Gasteiger partial charge in [-0.1, -0.05) is 23.9 Å². The number of fused-ring (bicyclic) bond motifs is 1. The van der Waals surface area contributed by atoms with Crippen LogP contribution in [0.5, 0.6) is 0 Å². The second kappa shape index (κ2) is 7.59. The van der Waals surface area contributed by atoms with E-state index in [0.717, 1.165) is 10.7 Å². The van der Waals surface area contributed by atoms with Gasteiger partial charge in [0, 0.05) is 17.1 Å². The number of anilines is 2. The number of imide groups is 1. The SMILES string of the molecule is CCOC(=O)NC(=O)c1ccsc1NCC1Nc2ccccc2S1. The van der Waals surface area contributed by atoms with E-state index in [-0.39, 0.29) is 12.0 Å². The third-order valence-corrected chi connectivity index (χ3v) is 5.37. The summed E-state index contributed by atoms with van der Waals surface area (Å²) in [6.07, 6.45) is -0.733.